The second-order valence-electron chi connectivity index (χ2n) is 8.10. The number of hydrogen-bond donors (Lipinski definition) is 1. The van der Waals surface area contributed by atoms with Crippen LogP contribution in [0.25, 0.3) is 0 Å². The summed E-state index contributed by atoms with van der Waals surface area (Å²) in [5.74, 6) is -6.24. The number of fused-ring (bicyclic) bond motifs is 1. The van der Waals surface area contributed by atoms with Crippen LogP contribution >= 0.6 is 0 Å². The van der Waals surface area contributed by atoms with Crippen molar-refractivity contribution in [2.24, 2.45) is 5.73 Å². The fourth-order valence-electron chi connectivity index (χ4n) is 4.08. The highest BCUT2D eigenvalue weighted by molar-refractivity contribution is 5.78. The van der Waals surface area contributed by atoms with Crippen molar-refractivity contribution in [3.8, 4) is 0 Å². The molecule has 2 aromatic carbocycles. The van der Waals surface area contributed by atoms with Crippen molar-refractivity contribution in [1.29, 1.82) is 0 Å². The molecule has 1 aliphatic heterocycles. The smallest absolute Gasteiger partial charge is 0.327 e. The minimum atomic E-state index is -4.78. The molecule has 13 heteroatoms. The summed E-state index contributed by atoms with van der Waals surface area (Å²) < 4.78 is 95.0. The summed E-state index contributed by atoms with van der Waals surface area (Å²) in [5.41, 5.74) is 6.03. The topological polar surface area (TPSA) is 77.0 Å². The maximum atomic E-state index is 14.0. The van der Waals surface area contributed by atoms with Crippen LogP contribution in [0.1, 0.15) is 35.2 Å². The number of halogens is 7. The Labute approximate surface area is 194 Å². The number of rotatable bonds is 5. The van der Waals surface area contributed by atoms with E-state index in [2.05, 4.69) is 10.2 Å². The zero-order chi connectivity index (χ0) is 25.5. The van der Waals surface area contributed by atoms with Gasteiger partial charge in [0, 0.05) is 31.6 Å². The molecule has 1 aliphatic rings. The van der Waals surface area contributed by atoms with Crippen molar-refractivity contribution in [3.05, 3.63) is 82.4 Å². The number of benzene rings is 2. The molecule has 186 valence electrons. The molecule has 0 unspecified atom stereocenters. The van der Waals surface area contributed by atoms with Gasteiger partial charge in [-0.1, -0.05) is 12.1 Å². The Bertz CT molecular complexity index is 1240. The Balaban J connectivity index is 1.61. The van der Waals surface area contributed by atoms with E-state index in [0.29, 0.717) is 17.7 Å². The molecule has 2 heterocycles. The molecule has 0 spiro atoms. The molecule has 0 saturated heterocycles. The molecule has 0 aliphatic carbocycles. The van der Waals surface area contributed by atoms with Gasteiger partial charge in [0.25, 0.3) is 0 Å². The van der Waals surface area contributed by atoms with E-state index in [9.17, 15) is 35.5 Å². The second-order valence-corrected chi connectivity index (χ2v) is 8.10. The Morgan fingerprint density at radius 1 is 1.00 bits per heavy atom. The second kappa shape index (κ2) is 9.29. The zero-order valence-corrected chi connectivity index (χ0v) is 17.9. The van der Waals surface area contributed by atoms with Crippen molar-refractivity contribution in [3.63, 3.8) is 0 Å². The van der Waals surface area contributed by atoms with Crippen LogP contribution in [0, 0.1) is 23.3 Å². The number of nitrogens with zero attached hydrogens (tertiary/aromatic N) is 4. The summed E-state index contributed by atoms with van der Waals surface area (Å²) in [5, 5.41) is 6.90. The van der Waals surface area contributed by atoms with E-state index in [1.54, 1.807) is 0 Å². The van der Waals surface area contributed by atoms with Gasteiger partial charge in [-0.3, -0.25) is 4.79 Å². The molecule has 6 nitrogen and oxygen atoms in total. The fourth-order valence-corrected chi connectivity index (χ4v) is 4.08. The van der Waals surface area contributed by atoms with Crippen LogP contribution in [-0.2, 0) is 23.9 Å². The molecule has 0 bridgehead atoms. The number of aromatic nitrogens is 3. The Hall–Kier alpha value is -3.48. The van der Waals surface area contributed by atoms with Crippen LogP contribution in [0.2, 0.25) is 0 Å². The highest BCUT2D eigenvalue weighted by Crippen LogP contribution is 2.36. The minimum Gasteiger partial charge on any atom is -0.327 e. The first-order valence-electron chi connectivity index (χ1n) is 10.4. The first kappa shape index (κ1) is 24.6. The van der Waals surface area contributed by atoms with E-state index in [1.807, 2.05) is 0 Å². The molecule has 1 aromatic heterocycles. The van der Waals surface area contributed by atoms with Gasteiger partial charge in [-0.2, -0.15) is 13.2 Å². The average Bonchev–Trinajstić information content (AvgIpc) is 3.22. The Morgan fingerprint density at radius 2 is 1.66 bits per heavy atom. The number of amides is 1. The normalized spacial score (nSPS) is 16.8. The van der Waals surface area contributed by atoms with Crippen LogP contribution in [0.15, 0.2) is 36.4 Å². The molecule has 0 fully saturated rings. The highest BCUT2D eigenvalue weighted by Gasteiger charge is 2.43. The van der Waals surface area contributed by atoms with Gasteiger partial charge in [0.2, 0.25) is 11.7 Å². The molecule has 1 amide bonds. The number of alkyl halides is 3. The maximum absolute atomic E-state index is 14.0. The van der Waals surface area contributed by atoms with Gasteiger partial charge in [0.15, 0.2) is 17.5 Å². The van der Waals surface area contributed by atoms with Crippen LogP contribution < -0.4 is 5.73 Å². The average molecular weight is 501 g/mol. The third-order valence-corrected chi connectivity index (χ3v) is 5.67. The summed E-state index contributed by atoms with van der Waals surface area (Å²) in [6, 6.07) is 3.71. The van der Waals surface area contributed by atoms with E-state index in [4.69, 9.17) is 5.73 Å². The predicted molar refractivity (Wildman–Crippen MR) is 108 cm³/mol. The molecule has 0 radical (unpaired) electrons. The van der Waals surface area contributed by atoms with E-state index in [1.165, 1.54) is 17.0 Å². The molecule has 0 saturated carbocycles. The van der Waals surface area contributed by atoms with Crippen LogP contribution in [0.4, 0.5) is 30.7 Å². The summed E-state index contributed by atoms with van der Waals surface area (Å²) >= 11 is 0. The van der Waals surface area contributed by atoms with Crippen molar-refractivity contribution >= 4 is 5.91 Å². The Kier molecular flexibility index (Phi) is 6.54. The lowest BCUT2D eigenvalue weighted by Gasteiger charge is -2.36. The number of hydrogen-bond acceptors (Lipinski definition) is 4. The molecule has 2 N–H and O–H groups in total. The summed E-state index contributed by atoms with van der Waals surface area (Å²) in [6.45, 7) is -0.422. The standard InChI is InChI=1S/C22H18F7N5O/c23-13-3-1-11(2-4-13)19-20-31-32-21(22(27,28)29)34(20)6-5-33(19)18(35)9-14(30)7-12-8-16(25)17(26)10-15(12)24/h1-4,8,10,14,19H,5-7,9,30H2/t14-,19-/m1/s1. The van der Waals surface area contributed by atoms with Gasteiger partial charge in [-0.25, -0.2) is 17.6 Å². The lowest BCUT2D eigenvalue weighted by Crippen LogP contribution is -2.45. The van der Waals surface area contributed by atoms with Gasteiger partial charge < -0.3 is 15.2 Å². The fraction of sp³-hybridized carbons (Fsp3) is 0.318. The minimum absolute atomic E-state index is 0.163. The van der Waals surface area contributed by atoms with Gasteiger partial charge >= 0.3 is 6.18 Å². The lowest BCUT2D eigenvalue weighted by atomic mass is 9.99. The van der Waals surface area contributed by atoms with Crippen LogP contribution in [0.3, 0.4) is 0 Å². The quantitative estimate of drug-likeness (QED) is 0.427. The largest absolute Gasteiger partial charge is 0.451 e. The van der Waals surface area contributed by atoms with Crippen molar-refractivity contribution in [2.75, 3.05) is 6.54 Å². The maximum Gasteiger partial charge on any atom is 0.451 e. The third kappa shape index (κ3) is 4.99. The predicted octanol–water partition coefficient (Wildman–Crippen LogP) is 3.75. The summed E-state index contributed by atoms with van der Waals surface area (Å²) in [7, 11) is 0. The summed E-state index contributed by atoms with van der Waals surface area (Å²) in [4.78, 5) is 14.4. The van der Waals surface area contributed by atoms with Crippen LogP contribution in [0.5, 0.6) is 0 Å². The number of nitrogens with two attached hydrogens (primary N) is 1. The molecular weight excluding hydrogens is 483 g/mol. The molecule has 35 heavy (non-hydrogen) atoms. The van der Waals surface area contributed by atoms with E-state index in [0.717, 1.165) is 16.7 Å². The highest BCUT2D eigenvalue weighted by atomic mass is 19.4. The zero-order valence-electron chi connectivity index (χ0n) is 17.9. The van der Waals surface area contributed by atoms with Gasteiger partial charge in [-0.15, -0.1) is 10.2 Å². The van der Waals surface area contributed by atoms with Crippen molar-refractivity contribution < 1.29 is 35.5 Å². The SMILES string of the molecule is N[C@@H](CC(=O)N1CCn2c(nnc2C(F)(F)F)[C@H]1c1ccc(F)cc1)Cc1cc(F)c(F)cc1F. The van der Waals surface area contributed by atoms with E-state index in [-0.39, 0.29) is 37.3 Å². The third-order valence-electron chi connectivity index (χ3n) is 5.67. The molecule has 2 atom stereocenters. The van der Waals surface area contributed by atoms with Gasteiger partial charge in [-0.05, 0) is 35.7 Å². The summed E-state index contributed by atoms with van der Waals surface area (Å²) in [6.07, 6.45) is -5.45. The van der Waals surface area contributed by atoms with Crippen LogP contribution in [-0.4, -0.2) is 38.2 Å². The van der Waals surface area contributed by atoms with Crippen molar-refractivity contribution in [2.45, 2.75) is 37.6 Å². The molecule has 4 rings (SSSR count). The lowest BCUT2D eigenvalue weighted by molar-refractivity contribution is -0.148. The first-order chi connectivity index (χ1) is 16.5. The van der Waals surface area contributed by atoms with Crippen molar-refractivity contribution in [1.82, 2.24) is 19.7 Å². The van der Waals surface area contributed by atoms with Gasteiger partial charge in [0.05, 0.1) is 0 Å². The van der Waals surface area contributed by atoms with E-state index < -0.39 is 53.3 Å². The molecule has 3 aromatic rings. The van der Waals surface area contributed by atoms with Gasteiger partial charge in [0.1, 0.15) is 17.7 Å². The number of carbonyl (C=O) groups excluding carboxylic acids is 1. The van der Waals surface area contributed by atoms with E-state index >= 15 is 0 Å². The first-order valence-corrected chi connectivity index (χ1v) is 10.4. The Morgan fingerprint density at radius 3 is 2.31 bits per heavy atom. The molecular formula is C22H18F7N5O. The monoisotopic (exact) mass is 501 g/mol. The number of carbonyl (C=O) groups is 1.